The number of aliphatic hydroxyl groups excluding tert-OH is 1. The van der Waals surface area contributed by atoms with Gasteiger partial charge in [-0.05, 0) is 81.2 Å². The van der Waals surface area contributed by atoms with E-state index in [1.807, 2.05) is 37.4 Å². The fraction of sp³-hybridized carbons (Fsp3) is 0.440. The zero-order valence-corrected chi connectivity index (χ0v) is 20.2. The van der Waals surface area contributed by atoms with E-state index in [9.17, 15) is 14.7 Å². The van der Waals surface area contributed by atoms with E-state index in [0.29, 0.717) is 30.4 Å². The zero-order valence-electron chi connectivity index (χ0n) is 19.4. The average molecular weight is 457 g/mol. The van der Waals surface area contributed by atoms with Gasteiger partial charge in [-0.1, -0.05) is 13.8 Å². The number of aryl methyl sites for hydroxylation is 1. The third-order valence-corrected chi connectivity index (χ3v) is 6.48. The lowest BCUT2D eigenvalue weighted by molar-refractivity contribution is -0.139. The minimum Gasteiger partial charge on any atom is -0.507 e. The zero-order chi connectivity index (χ0) is 23.4. The van der Waals surface area contributed by atoms with Crippen LogP contribution in [-0.4, -0.2) is 60.4 Å². The molecule has 7 heteroatoms. The number of ether oxygens (including phenoxy) is 1. The SMILES string of the molecule is Cc1ccsc1C1/C(=C(/O)c2ccc(OCC(C)C)cc2)C(=O)C(=O)N1CCCN(C)C. The molecule has 1 fully saturated rings. The summed E-state index contributed by atoms with van der Waals surface area (Å²) < 4.78 is 5.71. The highest BCUT2D eigenvalue weighted by molar-refractivity contribution is 7.10. The fourth-order valence-electron chi connectivity index (χ4n) is 3.73. The van der Waals surface area contributed by atoms with Gasteiger partial charge in [-0.25, -0.2) is 0 Å². The third kappa shape index (κ3) is 5.22. The largest absolute Gasteiger partial charge is 0.507 e. The molecule has 2 aromatic rings. The molecule has 0 bridgehead atoms. The molecule has 1 N–H and O–H groups in total. The Morgan fingerprint density at radius 2 is 1.88 bits per heavy atom. The van der Waals surface area contributed by atoms with Gasteiger partial charge >= 0.3 is 0 Å². The van der Waals surface area contributed by atoms with Gasteiger partial charge in [0.05, 0.1) is 18.2 Å². The molecule has 0 saturated carbocycles. The first-order valence-corrected chi connectivity index (χ1v) is 11.8. The summed E-state index contributed by atoms with van der Waals surface area (Å²) in [4.78, 5) is 30.6. The van der Waals surface area contributed by atoms with Gasteiger partial charge in [0.1, 0.15) is 11.5 Å². The third-order valence-electron chi connectivity index (χ3n) is 5.41. The first kappa shape index (κ1) is 24.0. The molecule has 1 aliphatic rings. The summed E-state index contributed by atoms with van der Waals surface area (Å²) in [7, 11) is 3.95. The Hall–Kier alpha value is -2.64. The molecule has 172 valence electrons. The van der Waals surface area contributed by atoms with Gasteiger partial charge in [0, 0.05) is 17.0 Å². The maximum Gasteiger partial charge on any atom is 0.295 e. The number of carbonyl (C=O) groups is 2. The van der Waals surface area contributed by atoms with E-state index in [0.717, 1.165) is 23.4 Å². The number of hydrogen-bond donors (Lipinski definition) is 1. The van der Waals surface area contributed by atoms with Crippen LogP contribution in [0.1, 0.15) is 42.3 Å². The van der Waals surface area contributed by atoms with Crippen LogP contribution >= 0.6 is 11.3 Å². The van der Waals surface area contributed by atoms with Crippen LogP contribution in [-0.2, 0) is 9.59 Å². The molecule has 0 radical (unpaired) electrons. The minimum atomic E-state index is -0.634. The Morgan fingerprint density at radius 3 is 2.44 bits per heavy atom. The van der Waals surface area contributed by atoms with Gasteiger partial charge < -0.3 is 19.6 Å². The first-order valence-electron chi connectivity index (χ1n) is 10.9. The second-order valence-electron chi connectivity index (χ2n) is 8.85. The van der Waals surface area contributed by atoms with Crippen molar-refractivity contribution in [2.75, 3.05) is 33.8 Å². The number of amides is 1. The van der Waals surface area contributed by atoms with Crippen LogP contribution in [0.25, 0.3) is 5.76 Å². The standard InChI is InChI=1S/C25H32N2O4S/c1-16(2)15-31-19-9-7-18(8-10-19)22(28)20-21(24-17(3)11-14-32-24)27(25(30)23(20)29)13-6-12-26(4)5/h7-11,14,16,21,28H,6,12-13,15H2,1-5H3/b22-20-. The van der Waals surface area contributed by atoms with Crippen LogP contribution in [0, 0.1) is 12.8 Å². The molecule has 6 nitrogen and oxygen atoms in total. The van der Waals surface area contributed by atoms with Crippen LogP contribution in [0.2, 0.25) is 0 Å². The molecule has 0 aliphatic carbocycles. The maximum absolute atomic E-state index is 13.0. The smallest absolute Gasteiger partial charge is 0.295 e. The second kappa shape index (κ2) is 10.3. The van der Waals surface area contributed by atoms with Crippen molar-refractivity contribution in [2.24, 2.45) is 5.92 Å². The molecular formula is C25H32N2O4S. The Bertz CT molecular complexity index is 992. The van der Waals surface area contributed by atoms with E-state index in [-0.39, 0.29) is 11.3 Å². The fourth-order valence-corrected chi connectivity index (χ4v) is 4.78. The summed E-state index contributed by atoms with van der Waals surface area (Å²) in [6.45, 7) is 7.96. The summed E-state index contributed by atoms with van der Waals surface area (Å²) in [6, 6.07) is 8.40. The number of thiophene rings is 1. The summed E-state index contributed by atoms with van der Waals surface area (Å²) >= 11 is 1.50. The van der Waals surface area contributed by atoms with Crippen LogP contribution in [0.3, 0.4) is 0 Å². The lowest BCUT2D eigenvalue weighted by atomic mass is 9.98. The van der Waals surface area contributed by atoms with Crippen molar-refractivity contribution in [1.82, 2.24) is 9.80 Å². The molecule has 1 aromatic carbocycles. The maximum atomic E-state index is 13.0. The Labute approximate surface area is 194 Å². The van der Waals surface area contributed by atoms with E-state index in [2.05, 4.69) is 13.8 Å². The average Bonchev–Trinajstić information content (AvgIpc) is 3.27. The van der Waals surface area contributed by atoms with Gasteiger partial charge in [0.15, 0.2) is 0 Å². The normalized spacial score (nSPS) is 18.2. The van der Waals surface area contributed by atoms with E-state index in [1.54, 1.807) is 29.2 Å². The Balaban J connectivity index is 1.97. The highest BCUT2D eigenvalue weighted by Crippen LogP contribution is 2.42. The number of benzene rings is 1. The molecule has 0 spiro atoms. The van der Waals surface area contributed by atoms with Gasteiger partial charge in [-0.15, -0.1) is 11.3 Å². The monoisotopic (exact) mass is 456 g/mol. The molecular weight excluding hydrogens is 424 g/mol. The van der Waals surface area contributed by atoms with Crippen LogP contribution in [0.4, 0.5) is 0 Å². The molecule has 32 heavy (non-hydrogen) atoms. The number of Topliss-reactive ketones (excluding diaryl/α,β-unsaturated/α-hetero) is 1. The molecule has 1 amide bonds. The lowest BCUT2D eigenvalue weighted by Crippen LogP contribution is -2.32. The predicted octanol–water partition coefficient (Wildman–Crippen LogP) is 4.46. The van der Waals surface area contributed by atoms with Crippen molar-refractivity contribution < 1.29 is 19.4 Å². The van der Waals surface area contributed by atoms with E-state index >= 15 is 0 Å². The van der Waals surface area contributed by atoms with Crippen molar-refractivity contribution in [3.8, 4) is 5.75 Å². The van der Waals surface area contributed by atoms with Gasteiger partial charge in [0.2, 0.25) is 0 Å². The topological polar surface area (TPSA) is 70.1 Å². The molecule has 2 heterocycles. The van der Waals surface area contributed by atoms with Gasteiger partial charge in [-0.3, -0.25) is 9.59 Å². The van der Waals surface area contributed by atoms with Gasteiger partial charge in [-0.2, -0.15) is 0 Å². The van der Waals surface area contributed by atoms with Crippen molar-refractivity contribution in [3.63, 3.8) is 0 Å². The summed E-state index contributed by atoms with van der Waals surface area (Å²) in [6.07, 6.45) is 0.739. The number of hydrogen-bond acceptors (Lipinski definition) is 6. The lowest BCUT2D eigenvalue weighted by Gasteiger charge is -2.25. The Morgan fingerprint density at radius 1 is 1.19 bits per heavy atom. The molecule has 1 unspecified atom stereocenters. The number of likely N-dealkylation sites (tertiary alicyclic amines) is 1. The van der Waals surface area contributed by atoms with Crippen LogP contribution in [0.15, 0.2) is 41.3 Å². The van der Waals surface area contributed by atoms with Crippen LogP contribution in [0.5, 0.6) is 5.75 Å². The van der Waals surface area contributed by atoms with E-state index < -0.39 is 17.7 Å². The number of carbonyl (C=O) groups excluding carboxylic acids is 2. The number of aliphatic hydroxyl groups is 1. The Kier molecular flexibility index (Phi) is 7.74. The summed E-state index contributed by atoms with van der Waals surface area (Å²) in [5, 5.41) is 13.1. The minimum absolute atomic E-state index is 0.147. The molecule has 1 saturated heterocycles. The number of nitrogens with zero attached hydrogens (tertiary/aromatic N) is 2. The van der Waals surface area contributed by atoms with Crippen molar-refractivity contribution in [3.05, 3.63) is 57.3 Å². The second-order valence-corrected chi connectivity index (χ2v) is 9.79. The quantitative estimate of drug-likeness (QED) is 0.343. The highest BCUT2D eigenvalue weighted by Gasteiger charge is 2.46. The molecule has 1 aromatic heterocycles. The summed E-state index contributed by atoms with van der Waals surface area (Å²) in [5.74, 6) is -0.234. The van der Waals surface area contributed by atoms with E-state index in [4.69, 9.17) is 4.74 Å². The number of ketones is 1. The van der Waals surface area contributed by atoms with Crippen molar-refractivity contribution in [1.29, 1.82) is 0 Å². The van der Waals surface area contributed by atoms with Crippen molar-refractivity contribution in [2.45, 2.75) is 33.2 Å². The van der Waals surface area contributed by atoms with Crippen LogP contribution < -0.4 is 4.74 Å². The summed E-state index contributed by atoms with van der Waals surface area (Å²) in [5.41, 5.74) is 1.65. The molecule has 1 atom stereocenters. The molecule has 3 rings (SSSR count). The number of rotatable bonds is 9. The highest BCUT2D eigenvalue weighted by atomic mass is 32.1. The van der Waals surface area contributed by atoms with Crippen molar-refractivity contribution >= 4 is 28.8 Å². The van der Waals surface area contributed by atoms with E-state index in [1.165, 1.54) is 11.3 Å². The molecule has 1 aliphatic heterocycles. The first-order chi connectivity index (χ1) is 15.2. The van der Waals surface area contributed by atoms with Gasteiger partial charge in [0.25, 0.3) is 11.7 Å². The predicted molar refractivity (Wildman–Crippen MR) is 128 cm³/mol.